The molecule has 1 fully saturated rings. The summed E-state index contributed by atoms with van der Waals surface area (Å²) in [5.41, 5.74) is 5.73. The van der Waals surface area contributed by atoms with Crippen LogP contribution in [0.4, 0.5) is 5.88 Å². The van der Waals surface area contributed by atoms with Crippen molar-refractivity contribution in [2.24, 2.45) is 5.92 Å². The van der Waals surface area contributed by atoms with Gasteiger partial charge in [-0.1, -0.05) is 5.16 Å². The van der Waals surface area contributed by atoms with E-state index in [1.54, 1.807) is 0 Å². The van der Waals surface area contributed by atoms with Crippen LogP contribution in [0.5, 0.6) is 0 Å². The number of hydrogen-bond donors (Lipinski definition) is 3. The van der Waals surface area contributed by atoms with Crippen LogP contribution in [0, 0.1) is 5.92 Å². The average molecular weight is 210 g/mol. The predicted molar refractivity (Wildman–Crippen MR) is 54.2 cm³/mol. The van der Waals surface area contributed by atoms with Crippen molar-refractivity contribution in [3.8, 4) is 0 Å². The molecule has 2 heterocycles. The number of amides is 1. The summed E-state index contributed by atoms with van der Waals surface area (Å²) < 4.78 is 4.61. The van der Waals surface area contributed by atoms with Crippen LogP contribution >= 0.6 is 0 Å². The van der Waals surface area contributed by atoms with E-state index in [1.165, 1.54) is 6.20 Å². The van der Waals surface area contributed by atoms with E-state index in [9.17, 15) is 4.79 Å². The summed E-state index contributed by atoms with van der Waals surface area (Å²) in [4.78, 5) is 11.6. The Bertz CT molecular complexity index is 344. The van der Waals surface area contributed by atoms with Crippen LogP contribution in [0.1, 0.15) is 16.8 Å². The van der Waals surface area contributed by atoms with Gasteiger partial charge in [-0.2, -0.15) is 0 Å². The van der Waals surface area contributed by atoms with Crippen molar-refractivity contribution >= 4 is 11.8 Å². The Kier molecular flexibility index (Phi) is 2.86. The number of anilines is 1. The number of nitrogens with one attached hydrogen (secondary N) is 2. The highest BCUT2D eigenvalue weighted by Gasteiger charge is 2.18. The standard InChI is InChI=1S/C9H14N4O2/c10-8-7(5-13-15-8)9(14)12-4-6-1-2-11-3-6/h5-6,11H,1-4,10H2,(H,12,14). The molecule has 1 atom stereocenters. The van der Waals surface area contributed by atoms with Gasteiger partial charge < -0.3 is 20.9 Å². The zero-order chi connectivity index (χ0) is 10.7. The number of rotatable bonds is 3. The topological polar surface area (TPSA) is 93.2 Å². The molecule has 0 aromatic carbocycles. The number of hydrogen-bond acceptors (Lipinski definition) is 5. The highest BCUT2D eigenvalue weighted by molar-refractivity contribution is 5.97. The Morgan fingerprint density at radius 3 is 3.27 bits per heavy atom. The van der Waals surface area contributed by atoms with E-state index in [2.05, 4.69) is 20.3 Å². The molecule has 6 heteroatoms. The van der Waals surface area contributed by atoms with Gasteiger partial charge >= 0.3 is 0 Å². The summed E-state index contributed by atoms with van der Waals surface area (Å²) in [7, 11) is 0. The SMILES string of the molecule is Nc1oncc1C(=O)NCC1CCNC1. The smallest absolute Gasteiger partial charge is 0.258 e. The fourth-order valence-corrected chi connectivity index (χ4v) is 1.64. The molecule has 0 spiro atoms. The fraction of sp³-hybridized carbons (Fsp3) is 0.556. The van der Waals surface area contributed by atoms with Gasteiger partial charge in [-0.3, -0.25) is 4.79 Å². The van der Waals surface area contributed by atoms with Crippen LogP contribution in [0.15, 0.2) is 10.7 Å². The molecule has 0 radical (unpaired) electrons. The molecular weight excluding hydrogens is 196 g/mol. The zero-order valence-electron chi connectivity index (χ0n) is 8.32. The van der Waals surface area contributed by atoms with E-state index < -0.39 is 0 Å². The molecule has 15 heavy (non-hydrogen) atoms. The maximum absolute atomic E-state index is 11.6. The molecule has 4 N–H and O–H groups in total. The first-order valence-corrected chi connectivity index (χ1v) is 4.96. The van der Waals surface area contributed by atoms with Crippen molar-refractivity contribution < 1.29 is 9.32 Å². The van der Waals surface area contributed by atoms with Crippen LogP contribution in [0.25, 0.3) is 0 Å². The molecule has 0 aliphatic carbocycles. The van der Waals surface area contributed by atoms with Gasteiger partial charge in [0.2, 0.25) is 5.88 Å². The van der Waals surface area contributed by atoms with Crippen LogP contribution in [-0.2, 0) is 0 Å². The molecule has 1 aliphatic heterocycles. The monoisotopic (exact) mass is 210 g/mol. The van der Waals surface area contributed by atoms with Crippen molar-refractivity contribution in [2.45, 2.75) is 6.42 Å². The van der Waals surface area contributed by atoms with E-state index in [-0.39, 0.29) is 11.8 Å². The summed E-state index contributed by atoms with van der Waals surface area (Å²) in [6, 6.07) is 0. The molecule has 0 bridgehead atoms. The summed E-state index contributed by atoms with van der Waals surface area (Å²) >= 11 is 0. The molecule has 1 aliphatic rings. The van der Waals surface area contributed by atoms with Gasteiger partial charge in [-0.25, -0.2) is 0 Å². The zero-order valence-corrected chi connectivity index (χ0v) is 8.32. The molecule has 1 aromatic rings. The molecule has 6 nitrogen and oxygen atoms in total. The Morgan fingerprint density at radius 1 is 1.80 bits per heavy atom. The van der Waals surface area contributed by atoms with Crippen LogP contribution in [0.2, 0.25) is 0 Å². The normalized spacial score (nSPS) is 20.4. The lowest BCUT2D eigenvalue weighted by atomic mass is 10.1. The van der Waals surface area contributed by atoms with Crippen LogP contribution < -0.4 is 16.4 Å². The van der Waals surface area contributed by atoms with Crippen molar-refractivity contribution in [3.05, 3.63) is 11.8 Å². The molecule has 1 saturated heterocycles. The minimum absolute atomic E-state index is 0.0667. The highest BCUT2D eigenvalue weighted by atomic mass is 16.5. The first kappa shape index (κ1) is 9.97. The van der Waals surface area contributed by atoms with E-state index in [1.807, 2.05) is 0 Å². The molecule has 1 aromatic heterocycles. The van der Waals surface area contributed by atoms with Gasteiger partial charge in [0.05, 0.1) is 6.20 Å². The number of nitrogens with two attached hydrogens (primary N) is 1. The van der Waals surface area contributed by atoms with E-state index in [0.717, 1.165) is 19.5 Å². The summed E-state index contributed by atoms with van der Waals surface area (Å²) in [6.07, 6.45) is 2.43. The lowest BCUT2D eigenvalue weighted by molar-refractivity contribution is 0.0948. The minimum Gasteiger partial charge on any atom is -0.367 e. The van der Waals surface area contributed by atoms with Crippen molar-refractivity contribution in [3.63, 3.8) is 0 Å². The van der Waals surface area contributed by atoms with Crippen molar-refractivity contribution in [1.29, 1.82) is 0 Å². The van der Waals surface area contributed by atoms with E-state index in [4.69, 9.17) is 5.73 Å². The maximum atomic E-state index is 11.6. The first-order valence-electron chi connectivity index (χ1n) is 4.96. The lowest BCUT2D eigenvalue weighted by Gasteiger charge is -2.08. The summed E-state index contributed by atoms with van der Waals surface area (Å²) in [5.74, 6) is 0.354. The number of carbonyl (C=O) groups excluding carboxylic acids is 1. The predicted octanol–water partition coefficient (Wildman–Crippen LogP) is -0.404. The van der Waals surface area contributed by atoms with Gasteiger partial charge in [-0.15, -0.1) is 0 Å². The fourth-order valence-electron chi connectivity index (χ4n) is 1.64. The second kappa shape index (κ2) is 4.31. The van der Waals surface area contributed by atoms with Gasteiger partial charge in [-0.05, 0) is 25.4 Å². The Hall–Kier alpha value is -1.56. The van der Waals surface area contributed by atoms with Gasteiger partial charge in [0, 0.05) is 6.54 Å². The molecule has 2 rings (SSSR count). The second-order valence-electron chi connectivity index (χ2n) is 3.67. The molecule has 82 valence electrons. The molecule has 1 unspecified atom stereocenters. The number of aromatic nitrogens is 1. The second-order valence-corrected chi connectivity index (χ2v) is 3.67. The lowest BCUT2D eigenvalue weighted by Crippen LogP contribution is -2.30. The Labute approximate surface area is 87.2 Å². The third-order valence-electron chi connectivity index (χ3n) is 2.56. The van der Waals surface area contributed by atoms with Crippen LogP contribution in [0.3, 0.4) is 0 Å². The van der Waals surface area contributed by atoms with Gasteiger partial charge in [0.15, 0.2) is 0 Å². The van der Waals surface area contributed by atoms with Gasteiger partial charge in [0.25, 0.3) is 5.91 Å². The largest absolute Gasteiger partial charge is 0.367 e. The van der Waals surface area contributed by atoms with Crippen LogP contribution in [-0.4, -0.2) is 30.7 Å². The quantitative estimate of drug-likeness (QED) is 0.631. The Balaban J connectivity index is 1.84. The molecule has 0 saturated carbocycles. The molecule has 1 amide bonds. The van der Waals surface area contributed by atoms with Crippen molar-refractivity contribution in [1.82, 2.24) is 15.8 Å². The maximum Gasteiger partial charge on any atom is 0.258 e. The molecular formula is C9H14N4O2. The summed E-state index contributed by atoms with van der Waals surface area (Å²) in [5, 5.41) is 9.49. The summed E-state index contributed by atoms with van der Waals surface area (Å²) in [6.45, 7) is 2.64. The van der Waals surface area contributed by atoms with E-state index >= 15 is 0 Å². The average Bonchev–Trinajstić information content (AvgIpc) is 2.84. The van der Waals surface area contributed by atoms with E-state index in [0.29, 0.717) is 18.0 Å². The third kappa shape index (κ3) is 2.27. The highest BCUT2D eigenvalue weighted by Crippen LogP contribution is 2.10. The van der Waals surface area contributed by atoms with Crippen molar-refractivity contribution in [2.75, 3.05) is 25.4 Å². The Morgan fingerprint density at radius 2 is 2.67 bits per heavy atom. The van der Waals surface area contributed by atoms with Gasteiger partial charge in [0.1, 0.15) is 5.56 Å². The minimum atomic E-state index is -0.222. The number of nitrogens with zero attached hydrogens (tertiary/aromatic N) is 1. The third-order valence-corrected chi connectivity index (χ3v) is 2.56. The number of carbonyl (C=O) groups is 1. The number of nitrogen functional groups attached to an aromatic ring is 1. The first-order chi connectivity index (χ1) is 7.27.